The predicted molar refractivity (Wildman–Crippen MR) is 86.8 cm³/mol. The van der Waals surface area contributed by atoms with E-state index in [1.807, 2.05) is 36.4 Å². The summed E-state index contributed by atoms with van der Waals surface area (Å²) in [5.41, 5.74) is 2.76. The van der Waals surface area contributed by atoms with E-state index in [9.17, 15) is 4.79 Å². The summed E-state index contributed by atoms with van der Waals surface area (Å²) in [6.07, 6.45) is 0. The van der Waals surface area contributed by atoms with Crippen molar-refractivity contribution in [1.82, 2.24) is 9.97 Å². The van der Waals surface area contributed by atoms with Crippen molar-refractivity contribution >= 4 is 16.9 Å². The molecule has 0 atom stereocenters. The van der Waals surface area contributed by atoms with Crippen molar-refractivity contribution < 1.29 is 4.74 Å². The first-order valence-electron chi connectivity index (χ1n) is 7.06. The molecule has 0 amide bonds. The molecule has 2 aromatic carbocycles. The normalized spacial score (nSPS) is 10.8. The number of methoxy groups -OCH3 is 1. The first-order valence-corrected chi connectivity index (χ1v) is 7.06. The molecule has 5 heteroatoms. The first kappa shape index (κ1) is 14.3. The maximum absolute atomic E-state index is 12.0. The second kappa shape index (κ2) is 6.41. The molecule has 0 saturated heterocycles. The van der Waals surface area contributed by atoms with Crippen molar-refractivity contribution in [3.63, 3.8) is 0 Å². The molecule has 0 saturated carbocycles. The largest absolute Gasteiger partial charge is 0.380 e. The number of anilines is 1. The minimum atomic E-state index is -0.138. The molecule has 0 bridgehead atoms. The lowest BCUT2D eigenvalue weighted by atomic mass is 10.1. The van der Waals surface area contributed by atoms with E-state index in [2.05, 4.69) is 21.4 Å². The lowest BCUT2D eigenvalue weighted by molar-refractivity contribution is 0.185. The quantitative estimate of drug-likeness (QED) is 0.759. The van der Waals surface area contributed by atoms with Crippen molar-refractivity contribution in [1.29, 1.82) is 0 Å². The summed E-state index contributed by atoms with van der Waals surface area (Å²) in [5.74, 6) is 0.473. The lowest BCUT2D eigenvalue weighted by Gasteiger charge is -2.08. The van der Waals surface area contributed by atoms with E-state index in [1.54, 1.807) is 13.2 Å². The first-order chi connectivity index (χ1) is 10.8. The van der Waals surface area contributed by atoms with E-state index < -0.39 is 0 Å². The van der Waals surface area contributed by atoms with Crippen molar-refractivity contribution in [2.24, 2.45) is 0 Å². The average Bonchev–Trinajstić information content (AvgIpc) is 2.54. The van der Waals surface area contributed by atoms with E-state index in [0.717, 1.165) is 11.1 Å². The third kappa shape index (κ3) is 3.15. The number of H-pyrrole nitrogens is 1. The minimum absolute atomic E-state index is 0.138. The van der Waals surface area contributed by atoms with E-state index in [0.29, 0.717) is 30.0 Å². The van der Waals surface area contributed by atoms with Crippen molar-refractivity contribution in [3.05, 3.63) is 70.0 Å². The zero-order valence-corrected chi connectivity index (χ0v) is 12.3. The molecule has 0 spiro atoms. The van der Waals surface area contributed by atoms with Crippen LogP contribution in [0.15, 0.2) is 53.3 Å². The number of fused-ring (bicyclic) bond motifs is 1. The Morgan fingerprint density at radius 2 is 1.95 bits per heavy atom. The minimum Gasteiger partial charge on any atom is -0.380 e. The van der Waals surface area contributed by atoms with Gasteiger partial charge in [0, 0.05) is 13.7 Å². The van der Waals surface area contributed by atoms with Gasteiger partial charge in [-0.3, -0.25) is 9.78 Å². The van der Waals surface area contributed by atoms with E-state index in [-0.39, 0.29) is 5.56 Å². The highest BCUT2D eigenvalue weighted by Gasteiger charge is 2.03. The summed E-state index contributed by atoms with van der Waals surface area (Å²) < 4.78 is 5.13. The number of aromatic nitrogens is 2. The number of hydrogen-bond donors (Lipinski definition) is 2. The number of nitrogens with zero attached hydrogens (tertiary/aromatic N) is 1. The van der Waals surface area contributed by atoms with Gasteiger partial charge in [-0.05, 0) is 23.3 Å². The molecule has 1 heterocycles. The molecule has 0 aliphatic heterocycles. The number of nitrogens with one attached hydrogen (secondary N) is 2. The summed E-state index contributed by atoms with van der Waals surface area (Å²) in [6, 6.07) is 15.4. The molecule has 0 aliphatic carbocycles. The predicted octanol–water partition coefficient (Wildman–Crippen LogP) is 2.68. The fourth-order valence-corrected chi connectivity index (χ4v) is 2.35. The summed E-state index contributed by atoms with van der Waals surface area (Å²) in [5, 5.41) is 3.75. The second-order valence-corrected chi connectivity index (χ2v) is 5.04. The van der Waals surface area contributed by atoms with Gasteiger partial charge in [0.25, 0.3) is 5.56 Å². The van der Waals surface area contributed by atoms with Crippen LogP contribution in [0.3, 0.4) is 0 Å². The van der Waals surface area contributed by atoms with Gasteiger partial charge in [-0.15, -0.1) is 0 Å². The molecule has 0 radical (unpaired) electrons. The summed E-state index contributed by atoms with van der Waals surface area (Å²) in [7, 11) is 1.68. The molecule has 112 valence electrons. The van der Waals surface area contributed by atoms with Crippen molar-refractivity contribution in [3.8, 4) is 0 Å². The van der Waals surface area contributed by atoms with Gasteiger partial charge in [0.1, 0.15) is 0 Å². The summed E-state index contributed by atoms with van der Waals surface area (Å²) >= 11 is 0. The SMILES string of the molecule is COCc1cccc(CNc2nc3ccccc3c(=O)[nH]2)c1. The Kier molecular flexibility index (Phi) is 4.16. The van der Waals surface area contributed by atoms with Gasteiger partial charge in [-0.2, -0.15) is 0 Å². The molecule has 22 heavy (non-hydrogen) atoms. The molecule has 0 aliphatic rings. The van der Waals surface area contributed by atoms with E-state index in [1.165, 1.54) is 0 Å². The highest BCUT2D eigenvalue weighted by molar-refractivity contribution is 5.78. The monoisotopic (exact) mass is 295 g/mol. The number of rotatable bonds is 5. The van der Waals surface area contributed by atoms with E-state index >= 15 is 0 Å². The highest BCUT2D eigenvalue weighted by Crippen LogP contribution is 2.10. The number of benzene rings is 2. The van der Waals surface area contributed by atoms with Gasteiger partial charge in [-0.25, -0.2) is 4.98 Å². The van der Waals surface area contributed by atoms with Crippen LogP contribution < -0.4 is 10.9 Å². The van der Waals surface area contributed by atoms with Crippen molar-refractivity contribution in [2.45, 2.75) is 13.2 Å². The van der Waals surface area contributed by atoms with Gasteiger partial charge in [-0.1, -0.05) is 36.4 Å². The third-order valence-corrected chi connectivity index (χ3v) is 3.38. The maximum atomic E-state index is 12.0. The molecule has 5 nitrogen and oxygen atoms in total. The number of aromatic amines is 1. The smallest absolute Gasteiger partial charge is 0.260 e. The van der Waals surface area contributed by atoms with Crippen LogP contribution in [0.5, 0.6) is 0 Å². The topological polar surface area (TPSA) is 67.0 Å². The summed E-state index contributed by atoms with van der Waals surface area (Å²) in [4.78, 5) is 19.2. The second-order valence-electron chi connectivity index (χ2n) is 5.04. The number of para-hydroxylation sites is 1. The number of hydrogen-bond acceptors (Lipinski definition) is 4. The Morgan fingerprint density at radius 3 is 2.82 bits per heavy atom. The third-order valence-electron chi connectivity index (χ3n) is 3.38. The van der Waals surface area contributed by atoms with Gasteiger partial charge < -0.3 is 10.1 Å². The molecule has 0 unspecified atom stereocenters. The maximum Gasteiger partial charge on any atom is 0.260 e. The molecule has 1 aromatic heterocycles. The fourth-order valence-electron chi connectivity index (χ4n) is 2.35. The Bertz CT molecular complexity index is 842. The van der Waals surface area contributed by atoms with Crippen LogP contribution in [-0.4, -0.2) is 17.1 Å². The van der Waals surface area contributed by atoms with Gasteiger partial charge in [0.05, 0.1) is 17.5 Å². The average molecular weight is 295 g/mol. The van der Waals surface area contributed by atoms with E-state index in [4.69, 9.17) is 4.74 Å². The lowest BCUT2D eigenvalue weighted by Crippen LogP contribution is -2.13. The van der Waals surface area contributed by atoms with Crippen LogP contribution in [0.1, 0.15) is 11.1 Å². The highest BCUT2D eigenvalue weighted by atomic mass is 16.5. The summed E-state index contributed by atoms with van der Waals surface area (Å²) in [6.45, 7) is 1.16. The fraction of sp³-hybridized carbons (Fsp3) is 0.176. The van der Waals surface area contributed by atoms with Crippen LogP contribution in [0.4, 0.5) is 5.95 Å². The zero-order valence-electron chi connectivity index (χ0n) is 12.3. The molecule has 3 aromatic rings. The molecule has 3 rings (SSSR count). The van der Waals surface area contributed by atoms with Crippen LogP contribution in [0.25, 0.3) is 10.9 Å². The molecular weight excluding hydrogens is 278 g/mol. The van der Waals surface area contributed by atoms with Crippen molar-refractivity contribution in [2.75, 3.05) is 12.4 Å². The van der Waals surface area contributed by atoms with Gasteiger partial charge >= 0.3 is 0 Å². The standard InChI is InChI=1S/C17H17N3O2/c1-22-11-13-6-4-5-12(9-13)10-18-17-19-15-8-3-2-7-14(15)16(21)20-17/h2-9H,10-11H2,1H3,(H2,18,19,20,21). The molecule has 0 fully saturated rings. The van der Waals surface area contributed by atoms with Crippen LogP contribution >= 0.6 is 0 Å². The van der Waals surface area contributed by atoms with Crippen LogP contribution in [0, 0.1) is 0 Å². The Hall–Kier alpha value is -2.66. The zero-order chi connectivity index (χ0) is 15.4. The molecule has 2 N–H and O–H groups in total. The Balaban J connectivity index is 1.79. The Morgan fingerprint density at radius 1 is 1.14 bits per heavy atom. The molecular formula is C17H17N3O2. The van der Waals surface area contributed by atoms with Crippen LogP contribution in [-0.2, 0) is 17.9 Å². The number of ether oxygens (including phenoxy) is 1. The van der Waals surface area contributed by atoms with Gasteiger partial charge in [0.2, 0.25) is 5.95 Å². The van der Waals surface area contributed by atoms with Crippen LogP contribution in [0.2, 0.25) is 0 Å². The Labute approximate surface area is 128 Å². The van der Waals surface area contributed by atoms with Gasteiger partial charge in [0.15, 0.2) is 0 Å².